The van der Waals surface area contributed by atoms with Gasteiger partial charge >= 0.3 is 5.97 Å². The van der Waals surface area contributed by atoms with E-state index in [4.69, 9.17) is 4.74 Å². The highest BCUT2D eigenvalue weighted by Crippen LogP contribution is 2.44. The molecule has 1 aliphatic rings. The van der Waals surface area contributed by atoms with Gasteiger partial charge in [-0.3, -0.25) is 4.79 Å². The molecule has 1 heterocycles. The van der Waals surface area contributed by atoms with Crippen molar-refractivity contribution in [2.24, 2.45) is 0 Å². The molecular weight excluding hydrogens is 328 g/mol. The Hall–Kier alpha value is -3.08. The van der Waals surface area contributed by atoms with E-state index >= 15 is 0 Å². The zero-order valence-electron chi connectivity index (χ0n) is 15.4. The maximum absolute atomic E-state index is 11.3. The van der Waals surface area contributed by atoms with Crippen molar-refractivity contribution in [1.82, 2.24) is 4.98 Å². The molecule has 5 heteroatoms. The fourth-order valence-corrected chi connectivity index (χ4v) is 3.18. The van der Waals surface area contributed by atoms with Crippen LogP contribution in [0.3, 0.4) is 0 Å². The first-order valence-corrected chi connectivity index (χ1v) is 8.36. The van der Waals surface area contributed by atoms with Crippen LogP contribution in [-0.4, -0.2) is 37.3 Å². The first kappa shape index (κ1) is 17.7. The van der Waals surface area contributed by atoms with Crippen LogP contribution in [0.15, 0.2) is 42.1 Å². The molecule has 0 aliphatic heterocycles. The van der Waals surface area contributed by atoms with E-state index in [0.717, 1.165) is 45.0 Å². The minimum atomic E-state index is -0.841. The van der Waals surface area contributed by atoms with Crippen molar-refractivity contribution in [3.05, 3.63) is 58.8 Å². The molecule has 1 aromatic heterocycles. The lowest BCUT2D eigenvalue weighted by molar-refractivity contribution is -0.135. The highest BCUT2D eigenvalue weighted by atomic mass is 16.5. The highest BCUT2D eigenvalue weighted by Gasteiger charge is 2.25. The topological polar surface area (TPSA) is 62.7 Å². The van der Waals surface area contributed by atoms with Crippen LogP contribution >= 0.6 is 0 Å². The Morgan fingerprint density at radius 2 is 2.00 bits per heavy atom. The molecule has 0 atom stereocenters. The number of fused-ring (bicyclic) bond motifs is 1. The SMILES string of the molecule is COc1ccc2c(c1)C(CC(=O)O)=C(C)/C2=C/c1ccc(N(C)C)nc1. The molecule has 0 radical (unpaired) electrons. The standard InChI is InChI=1S/C21H22N2O3/c1-13-17(9-14-5-8-20(22-12-14)23(2)3)16-7-6-15(26-4)10-19(16)18(13)11-21(24)25/h5-10,12H,11H2,1-4H3,(H,24,25)/b17-9-. The Bertz CT molecular complexity index is 909. The molecule has 0 unspecified atom stereocenters. The van der Waals surface area contributed by atoms with Crippen molar-refractivity contribution < 1.29 is 14.6 Å². The van der Waals surface area contributed by atoms with Gasteiger partial charge in [-0.1, -0.05) is 6.07 Å². The van der Waals surface area contributed by atoms with Crippen LogP contribution < -0.4 is 9.64 Å². The number of aliphatic carboxylic acids is 1. The number of aromatic nitrogens is 1. The molecule has 0 amide bonds. The number of carboxylic acids is 1. The van der Waals surface area contributed by atoms with Crippen LogP contribution in [0.1, 0.15) is 30.0 Å². The molecule has 0 bridgehead atoms. The summed E-state index contributed by atoms with van der Waals surface area (Å²) in [4.78, 5) is 17.7. The molecule has 0 spiro atoms. The number of hydrogen-bond acceptors (Lipinski definition) is 4. The van der Waals surface area contributed by atoms with Crippen LogP contribution in [0, 0.1) is 0 Å². The Morgan fingerprint density at radius 1 is 1.23 bits per heavy atom. The second kappa shape index (κ2) is 7.04. The van der Waals surface area contributed by atoms with Crippen molar-refractivity contribution in [2.75, 3.05) is 26.1 Å². The summed E-state index contributed by atoms with van der Waals surface area (Å²) in [7, 11) is 5.51. The number of nitrogens with zero attached hydrogens (tertiary/aromatic N) is 2. The van der Waals surface area contributed by atoms with E-state index < -0.39 is 5.97 Å². The molecule has 0 saturated heterocycles. The summed E-state index contributed by atoms with van der Waals surface area (Å²) in [6.45, 7) is 1.97. The van der Waals surface area contributed by atoms with Crippen molar-refractivity contribution in [3.8, 4) is 5.75 Å². The summed E-state index contributed by atoms with van der Waals surface area (Å²) in [5, 5.41) is 9.30. The van der Waals surface area contributed by atoms with E-state index in [0.29, 0.717) is 0 Å². The molecular formula is C21H22N2O3. The summed E-state index contributed by atoms with van der Waals surface area (Å²) >= 11 is 0. The van der Waals surface area contributed by atoms with Gasteiger partial charge in [0.25, 0.3) is 0 Å². The van der Waals surface area contributed by atoms with Crippen molar-refractivity contribution in [3.63, 3.8) is 0 Å². The first-order chi connectivity index (χ1) is 12.4. The number of carboxylic acid groups (broad SMARTS) is 1. The minimum Gasteiger partial charge on any atom is -0.497 e. The van der Waals surface area contributed by atoms with Gasteiger partial charge in [0.05, 0.1) is 13.5 Å². The van der Waals surface area contributed by atoms with Crippen LogP contribution in [-0.2, 0) is 4.79 Å². The van der Waals surface area contributed by atoms with Crippen LogP contribution in [0.2, 0.25) is 0 Å². The number of ether oxygens (including phenoxy) is 1. The van der Waals surface area contributed by atoms with Gasteiger partial charge in [-0.15, -0.1) is 0 Å². The predicted molar refractivity (Wildman–Crippen MR) is 104 cm³/mol. The zero-order valence-corrected chi connectivity index (χ0v) is 15.4. The molecule has 134 valence electrons. The Morgan fingerprint density at radius 3 is 2.58 bits per heavy atom. The van der Waals surface area contributed by atoms with Gasteiger partial charge in [0.15, 0.2) is 0 Å². The third kappa shape index (κ3) is 3.33. The average Bonchev–Trinajstić information content (AvgIpc) is 2.87. The summed E-state index contributed by atoms with van der Waals surface area (Å²) in [5.41, 5.74) is 5.76. The summed E-state index contributed by atoms with van der Waals surface area (Å²) in [5.74, 6) is 0.770. The molecule has 5 nitrogen and oxygen atoms in total. The monoisotopic (exact) mass is 350 g/mol. The van der Waals surface area contributed by atoms with Crippen LogP contribution in [0.4, 0.5) is 5.82 Å². The third-order valence-electron chi connectivity index (χ3n) is 4.57. The normalized spacial score (nSPS) is 14.5. The molecule has 3 rings (SSSR count). The van der Waals surface area contributed by atoms with Gasteiger partial charge in [-0.25, -0.2) is 4.98 Å². The van der Waals surface area contributed by atoms with Crippen molar-refractivity contribution in [1.29, 1.82) is 0 Å². The number of carbonyl (C=O) groups is 1. The van der Waals surface area contributed by atoms with E-state index in [1.165, 1.54) is 0 Å². The molecule has 2 aromatic rings. The number of methoxy groups -OCH3 is 1. The summed E-state index contributed by atoms with van der Waals surface area (Å²) in [6, 6.07) is 9.77. The number of allylic oxidation sites excluding steroid dienone is 2. The van der Waals surface area contributed by atoms with Gasteiger partial charge in [-0.05, 0) is 70.7 Å². The fourth-order valence-electron chi connectivity index (χ4n) is 3.18. The largest absolute Gasteiger partial charge is 0.497 e. The lowest BCUT2D eigenvalue weighted by atomic mass is 10.0. The maximum Gasteiger partial charge on any atom is 0.307 e. The predicted octanol–water partition coefficient (Wildman–Crippen LogP) is 3.96. The second-order valence-electron chi connectivity index (χ2n) is 6.49. The van der Waals surface area contributed by atoms with E-state index in [1.807, 2.05) is 62.4 Å². The van der Waals surface area contributed by atoms with Gasteiger partial charge < -0.3 is 14.7 Å². The van der Waals surface area contributed by atoms with E-state index in [2.05, 4.69) is 11.1 Å². The van der Waals surface area contributed by atoms with Crippen LogP contribution in [0.5, 0.6) is 5.75 Å². The van der Waals surface area contributed by atoms with Gasteiger partial charge in [0.2, 0.25) is 0 Å². The summed E-state index contributed by atoms with van der Waals surface area (Å²) < 4.78 is 5.31. The highest BCUT2D eigenvalue weighted by molar-refractivity contribution is 6.07. The zero-order chi connectivity index (χ0) is 18.8. The quantitative estimate of drug-likeness (QED) is 0.884. The molecule has 0 fully saturated rings. The van der Waals surface area contributed by atoms with Crippen molar-refractivity contribution >= 4 is 29.0 Å². The minimum absolute atomic E-state index is 0.0127. The number of anilines is 1. The number of hydrogen-bond donors (Lipinski definition) is 1. The molecule has 1 aliphatic carbocycles. The third-order valence-corrected chi connectivity index (χ3v) is 4.57. The van der Waals surface area contributed by atoms with Gasteiger partial charge in [0, 0.05) is 20.3 Å². The van der Waals surface area contributed by atoms with Gasteiger partial charge in [-0.2, -0.15) is 0 Å². The first-order valence-electron chi connectivity index (χ1n) is 8.36. The number of benzene rings is 1. The lowest BCUT2D eigenvalue weighted by Gasteiger charge is -2.11. The van der Waals surface area contributed by atoms with E-state index in [-0.39, 0.29) is 6.42 Å². The molecule has 1 N–H and O–H groups in total. The number of pyridine rings is 1. The Balaban J connectivity index is 2.09. The molecule has 1 aromatic carbocycles. The average molecular weight is 350 g/mol. The van der Waals surface area contributed by atoms with Crippen molar-refractivity contribution in [2.45, 2.75) is 13.3 Å². The number of rotatable bonds is 5. The van der Waals surface area contributed by atoms with E-state index in [9.17, 15) is 9.90 Å². The van der Waals surface area contributed by atoms with Crippen LogP contribution in [0.25, 0.3) is 17.2 Å². The van der Waals surface area contributed by atoms with E-state index in [1.54, 1.807) is 7.11 Å². The molecule has 0 saturated carbocycles. The second-order valence-corrected chi connectivity index (χ2v) is 6.49. The smallest absolute Gasteiger partial charge is 0.307 e. The Labute approximate surface area is 153 Å². The maximum atomic E-state index is 11.3. The summed E-state index contributed by atoms with van der Waals surface area (Å²) in [6.07, 6.45) is 3.87. The molecule has 26 heavy (non-hydrogen) atoms. The fraction of sp³-hybridized carbons (Fsp3) is 0.238. The lowest BCUT2D eigenvalue weighted by Crippen LogP contribution is -2.10. The van der Waals surface area contributed by atoms with Gasteiger partial charge in [0.1, 0.15) is 11.6 Å². The Kier molecular flexibility index (Phi) is 4.80.